The molecule has 1 aromatic heterocycles. The summed E-state index contributed by atoms with van der Waals surface area (Å²) < 4.78 is 0. The number of carbonyl (C=O) groups is 1. The van der Waals surface area contributed by atoms with Crippen molar-refractivity contribution >= 4 is 22.5 Å². The fourth-order valence-corrected chi connectivity index (χ4v) is 2.17. The van der Waals surface area contributed by atoms with E-state index in [9.17, 15) is 4.79 Å². The van der Waals surface area contributed by atoms with Crippen LogP contribution in [-0.2, 0) is 0 Å². The molecule has 2 amide bonds. The Morgan fingerprint density at radius 1 is 1.50 bits per heavy atom. The lowest BCUT2D eigenvalue weighted by atomic mass is 10.1. The van der Waals surface area contributed by atoms with Crippen LogP contribution in [0.1, 0.15) is 45.2 Å². The van der Waals surface area contributed by atoms with E-state index in [1.54, 1.807) is 0 Å². The first-order chi connectivity index (χ1) is 7.44. The minimum absolute atomic E-state index is 0.191. The number of hydrogen-bond acceptors (Lipinski definition) is 3. The molecule has 0 bridgehead atoms. The van der Waals surface area contributed by atoms with Gasteiger partial charge < -0.3 is 5.32 Å². The molecule has 1 saturated carbocycles. The lowest BCUT2D eigenvalue weighted by molar-refractivity contribution is 0.244. The van der Waals surface area contributed by atoms with Gasteiger partial charge in [-0.15, -0.1) is 11.3 Å². The van der Waals surface area contributed by atoms with Crippen LogP contribution in [0.15, 0.2) is 5.38 Å². The van der Waals surface area contributed by atoms with Gasteiger partial charge in [-0.25, -0.2) is 9.78 Å². The van der Waals surface area contributed by atoms with Crippen LogP contribution in [0.2, 0.25) is 0 Å². The Bertz CT molecular complexity index is 390. The van der Waals surface area contributed by atoms with Crippen molar-refractivity contribution in [3.63, 3.8) is 0 Å². The summed E-state index contributed by atoms with van der Waals surface area (Å²) in [4.78, 5) is 16.0. The minimum Gasteiger partial charge on any atom is -0.333 e. The van der Waals surface area contributed by atoms with Crippen molar-refractivity contribution in [1.82, 2.24) is 10.3 Å². The normalized spacial score (nSPS) is 15.9. The first-order valence-corrected chi connectivity index (χ1v) is 6.36. The Labute approximate surface area is 99.5 Å². The molecule has 1 aliphatic carbocycles. The quantitative estimate of drug-likeness (QED) is 0.833. The Hall–Kier alpha value is -1.10. The first-order valence-electron chi connectivity index (χ1n) is 5.49. The molecule has 0 radical (unpaired) electrons. The van der Waals surface area contributed by atoms with Crippen molar-refractivity contribution in [2.45, 2.75) is 45.1 Å². The van der Waals surface area contributed by atoms with Gasteiger partial charge in [0.05, 0.1) is 5.69 Å². The summed E-state index contributed by atoms with van der Waals surface area (Å²) in [6.45, 7) is 5.85. The molecule has 5 heteroatoms. The van der Waals surface area contributed by atoms with Gasteiger partial charge in [-0.2, -0.15) is 0 Å². The van der Waals surface area contributed by atoms with Crippen LogP contribution in [0.3, 0.4) is 0 Å². The number of anilines is 1. The van der Waals surface area contributed by atoms with E-state index in [4.69, 9.17) is 0 Å². The monoisotopic (exact) mass is 239 g/mol. The number of amides is 2. The Balaban J connectivity index is 1.90. The zero-order valence-corrected chi connectivity index (χ0v) is 10.6. The molecule has 0 unspecified atom stereocenters. The number of rotatable bonds is 2. The van der Waals surface area contributed by atoms with Crippen LogP contribution in [0.5, 0.6) is 0 Å². The van der Waals surface area contributed by atoms with E-state index in [-0.39, 0.29) is 11.6 Å². The van der Waals surface area contributed by atoms with Gasteiger partial charge in [0.25, 0.3) is 0 Å². The van der Waals surface area contributed by atoms with Crippen molar-refractivity contribution in [3.8, 4) is 0 Å². The summed E-state index contributed by atoms with van der Waals surface area (Å²) in [7, 11) is 0. The summed E-state index contributed by atoms with van der Waals surface area (Å²) in [5.74, 6) is 0.637. The highest BCUT2D eigenvalue weighted by Crippen LogP contribution is 2.40. The van der Waals surface area contributed by atoms with Crippen molar-refractivity contribution in [3.05, 3.63) is 11.1 Å². The smallest absolute Gasteiger partial charge is 0.321 e. The van der Waals surface area contributed by atoms with E-state index in [0.717, 1.165) is 5.69 Å². The SMILES string of the molecule is CC(C)(C)NC(=O)Nc1nc(C2CC2)cs1. The zero-order valence-electron chi connectivity index (χ0n) is 9.83. The van der Waals surface area contributed by atoms with Gasteiger partial charge >= 0.3 is 6.03 Å². The van der Waals surface area contributed by atoms with Crippen molar-refractivity contribution in [1.29, 1.82) is 0 Å². The Morgan fingerprint density at radius 2 is 2.19 bits per heavy atom. The molecule has 0 atom stereocenters. The van der Waals surface area contributed by atoms with Crippen LogP contribution >= 0.6 is 11.3 Å². The van der Waals surface area contributed by atoms with Gasteiger partial charge in [0.15, 0.2) is 5.13 Å². The molecule has 2 N–H and O–H groups in total. The molecule has 0 aromatic carbocycles. The van der Waals surface area contributed by atoms with Crippen molar-refractivity contribution < 1.29 is 4.79 Å². The third-order valence-corrected chi connectivity index (χ3v) is 3.00. The minimum atomic E-state index is -0.222. The van der Waals surface area contributed by atoms with Crippen LogP contribution in [-0.4, -0.2) is 16.6 Å². The third-order valence-electron chi connectivity index (χ3n) is 2.23. The van der Waals surface area contributed by atoms with E-state index in [1.807, 2.05) is 26.2 Å². The van der Waals surface area contributed by atoms with Crippen LogP contribution in [0.4, 0.5) is 9.93 Å². The van der Waals surface area contributed by atoms with Gasteiger partial charge in [0.1, 0.15) is 0 Å². The topological polar surface area (TPSA) is 54.0 Å². The summed E-state index contributed by atoms with van der Waals surface area (Å²) in [6.07, 6.45) is 2.47. The second kappa shape index (κ2) is 4.05. The van der Waals surface area contributed by atoms with Crippen molar-refractivity contribution in [2.24, 2.45) is 0 Å². The van der Waals surface area contributed by atoms with Crippen LogP contribution < -0.4 is 10.6 Å². The highest BCUT2D eigenvalue weighted by Gasteiger charge is 2.26. The molecule has 1 fully saturated rings. The number of nitrogens with one attached hydrogen (secondary N) is 2. The zero-order chi connectivity index (χ0) is 11.8. The van der Waals surface area contributed by atoms with E-state index >= 15 is 0 Å². The fourth-order valence-electron chi connectivity index (χ4n) is 1.38. The average Bonchev–Trinajstić information content (AvgIpc) is 2.85. The molecule has 0 aliphatic heterocycles. The molecule has 1 heterocycles. The predicted octanol–water partition coefficient (Wildman–Crippen LogP) is 2.94. The third kappa shape index (κ3) is 3.20. The molecule has 4 nitrogen and oxygen atoms in total. The van der Waals surface area contributed by atoms with Gasteiger partial charge in [-0.05, 0) is 33.6 Å². The summed E-state index contributed by atoms with van der Waals surface area (Å²) in [6, 6.07) is -0.191. The van der Waals surface area contributed by atoms with Crippen molar-refractivity contribution in [2.75, 3.05) is 5.32 Å². The van der Waals surface area contributed by atoms with Gasteiger partial charge in [-0.1, -0.05) is 0 Å². The first kappa shape index (κ1) is 11.4. The van der Waals surface area contributed by atoms with Gasteiger partial charge in [-0.3, -0.25) is 5.32 Å². The standard InChI is InChI=1S/C11H17N3OS/c1-11(2,3)14-9(15)13-10-12-8(6-16-10)7-4-5-7/h6-7H,4-5H2,1-3H3,(H2,12,13,14,15). The summed E-state index contributed by atoms with van der Waals surface area (Å²) in [5.41, 5.74) is 0.900. The van der Waals surface area contributed by atoms with E-state index in [2.05, 4.69) is 15.6 Å². The highest BCUT2D eigenvalue weighted by molar-refractivity contribution is 7.13. The van der Waals surface area contributed by atoms with E-state index in [1.165, 1.54) is 24.2 Å². The largest absolute Gasteiger partial charge is 0.333 e. The molecule has 88 valence electrons. The van der Waals surface area contributed by atoms with Crippen LogP contribution in [0.25, 0.3) is 0 Å². The number of hydrogen-bond donors (Lipinski definition) is 2. The highest BCUT2D eigenvalue weighted by atomic mass is 32.1. The summed E-state index contributed by atoms with van der Waals surface area (Å²) >= 11 is 1.49. The Kier molecular flexibility index (Phi) is 2.88. The van der Waals surface area contributed by atoms with E-state index < -0.39 is 0 Å². The summed E-state index contributed by atoms with van der Waals surface area (Å²) in [5, 5.41) is 8.31. The molecular formula is C11H17N3OS. The molecule has 2 rings (SSSR count). The van der Waals surface area contributed by atoms with Gasteiger partial charge in [0.2, 0.25) is 0 Å². The number of thiazole rings is 1. The number of carbonyl (C=O) groups excluding carboxylic acids is 1. The van der Waals surface area contributed by atoms with Gasteiger partial charge in [0, 0.05) is 16.8 Å². The number of aromatic nitrogens is 1. The maximum atomic E-state index is 11.6. The molecular weight excluding hydrogens is 222 g/mol. The average molecular weight is 239 g/mol. The number of urea groups is 1. The Morgan fingerprint density at radius 3 is 2.75 bits per heavy atom. The lowest BCUT2D eigenvalue weighted by Gasteiger charge is -2.20. The maximum Gasteiger partial charge on any atom is 0.321 e. The van der Waals surface area contributed by atoms with E-state index in [0.29, 0.717) is 11.0 Å². The molecule has 1 aromatic rings. The fraction of sp³-hybridized carbons (Fsp3) is 0.636. The number of nitrogens with zero attached hydrogens (tertiary/aromatic N) is 1. The molecule has 1 aliphatic rings. The lowest BCUT2D eigenvalue weighted by Crippen LogP contribution is -2.43. The predicted molar refractivity (Wildman–Crippen MR) is 66.0 cm³/mol. The molecule has 0 spiro atoms. The maximum absolute atomic E-state index is 11.6. The second-order valence-corrected chi connectivity index (χ2v) is 6.04. The molecule has 0 saturated heterocycles. The second-order valence-electron chi connectivity index (χ2n) is 5.18. The van der Waals surface area contributed by atoms with Crippen LogP contribution in [0, 0.1) is 0 Å². The molecule has 16 heavy (non-hydrogen) atoms.